The number of hydrogen-bond acceptors (Lipinski definition) is 3. The molecule has 0 atom stereocenters. The highest BCUT2D eigenvalue weighted by atomic mass is 79.9. The van der Waals surface area contributed by atoms with Crippen LogP contribution in [-0.4, -0.2) is 39.6 Å². The van der Waals surface area contributed by atoms with Crippen LogP contribution in [-0.2, 0) is 17.9 Å². The van der Waals surface area contributed by atoms with E-state index in [1.807, 2.05) is 53.4 Å². The van der Waals surface area contributed by atoms with Gasteiger partial charge in [0.1, 0.15) is 6.54 Å². The Labute approximate surface area is 171 Å². The molecule has 144 valence electrons. The van der Waals surface area contributed by atoms with Crippen molar-refractivity contribution >= 4 is 38.6 Å². The zero-order chi connectivity index (χ0) is 19.5. The molecule has 1 fully saturated rings. The summed E-state index contributed by atoms with van der Waals surface area (Å²) < 4.78 is 2.59. The zero-order valence-corrected chi connectivity index (χ0v) is 17.0. The number of carbonyl (C=O) groups is 2. The first-order valence-electron chi connectivity index (χ1n) is 9.38. The first kappa shape index (κ1) is 18.7. The first-order chi connectivity index (χ1) is 13.6. The SMILES string of the molecule is O=C(Cn1nc(C(=O)N2CCCC2)c2ccccc21)NCc1cccc(Br)c1. The summed E-state index contributed by atoms with van der Waals surface area (Å²) in [5, 5.41) is 8.21. The largest absolute Gasteiger partial charge is 0.350 e. The lowest BCUT2D eigenvalue weighted by Crippen LogP contribution is -2.29. The van der Waals surface area contributed by atoms with Gasteiger partial charge in [-0.3, -0.25) is 14.3 Å². The number of aromatic nitrogens is 2. The van der Waals surface area contributed by atoms with Gasteiger partial charge in [-0.05, 0) is 36.6 Å². The van der Waals surface area contributed by atoms with Crippen molar-refractivity contribution in [1.29, 1.82) is 0 Å². The number of nitrogens with zero attached hydrogens (tertiary/aromatic N) is 3. The van der Waals surface area contributed by atoms with Crippen LogP contribution in [0.3, 0.4) is 0 Å². The van der Waals surface area contributed by atoms with E-state index in [-0.39, 0.29) is 18.4 Å². The molecule has 7 heteroatoms. The Morgan fingerprint density at radius 3 is 2.64 bits per heavy atom. The summed E-state index contributed by atoms with van der Waals surface area (Å²) in [6.07, 6.45) is 2.06. The predicted octanol–water partition coefficient (Wildman–Crippen LogP) is 3.35. The standard InChI is InChI=1S/C21H21BrN4O2/c22-16-7-5-6-15(12-16)13-23-19(27)14-26-18-9-2-1-8-17(18)20(24-26)21(28)25-10-3-4-11-25/h1-2,5-9,12H,3-4,10-11,13-14H2,(H,23,27). The number of benzene rings is 2. The number of fused-ring (bicyclic) bond motifs is 1. The van der Waals surface area contributed by atoms with Crippen LogP contribution in [0.5, 0.6) is 0 Å². The summed E-state index contributed by atoms with van der Waals surface area (Å²) in [4.78, 5) is 27.2. The van der Waals surface area contributed by atoms with E-state index < -0.39 is 0 Å². The third-order valence-electron chi connectivity index (χ3n) is 4.93. The minimum Gasteiger partial charge on any atom is -0.350 e. The fourth-order valence-corrected chi connectivity index (χ4v) is 3.96. The van der Waals surface area contributed by atoms with E-state index in [2.05, 4.69) is 26.3 Å². The Kier molecular flexibility index (Phi) is 5.43. The van der Waals surface area contributed by atoms with Gasteiger partial charge in [0.25, 0.3) is 5.91 Å². The summed E-state index contributed by atoms with van der Waals surface area (Å²) in [5.74, 6) is -0.199. The number of amides is 2. The molecule has 2 aromatic carbocycles. The molecule has 0 bridgehead atoms. The van der Waals surface area contributed by atoms with Crippen LogP contribution in [0.15, 0.2) is 53.0 Å². The molecule has 0 radical (unpaired) electrons. The fourth-order valence-electron chi connectivity index (χ4n) is 3.52. The fraction of sp³-hybridized carbons (Fsp3) is 0.286. The van der Waals surface area contributed by atoms with Crippen LogP contribution in [0.2, 0.25) is 0 Å². The van der Waals surface area contributed by atoms with Crippen LogP contribution >= 0.6 is 15.9 Å². The van der Waals surface area contributed by atoms with E-state index >= 15 is 0 Å². The molecule has 0 spiro atoms. The van der Waals surface area contributed by atoms with Crippen LogP contribution in [0.4, 0.5) is 0 Å². The van der Waals surface area contributed by atoms with Crippen molar-refractivity contribution in [2.45, 2.75) is 25.9 Å². The molecule has 4 rings (SSSR count). The number of hydrogen-bond donors (Lipinski definition) is 1. The topological polar surface area (TPSA) is 67.2 Å². The van der Waals surface area contributed by atoms with E-state index in [4.69, 9.17) is 0 Å². The Morgan fingerprint density at radius 1 is 1.07 bits per heavy atom. The van der Waals surface area contributed by atoms with Crippen molar-refractivity contribution in [1.82, 2.24) is 20.0 Å². The van der Waals surface area contributed by atoms with Gasteiger partial charge in [-0.15, -0.1) is 0 Å². The van der Waals surface area contributed by atoms with Crippen molar-refractivity contribution in [3.05, 3.63) is 64.3 Å². The van der Waals surface area contributed by atoms with Crippen molar-refractivity contribution < 1.29 is 9.59 Å². The third kappa shape index (κ3) is 3.94. The number of halogens is 1. The third-order valence-corrected chi connectivity index (χ3v) is 5.42. The maximum Gasteiger partial charge on any atom is 0.275 e. The highest BCUT2D eigenvalue weighted by Gasteiger charge is 2.25. The van der Waals surface area contributed by atoms with Crippen molar-refractivity contribution in [2.75, 3.05) is 13.1 Å². The average molecular weight is 441 g/mol. The molecule has 0 unspecified atom stereocenters. The predicted molar refractivity (Wildman–Crippen MR) is 111 cm³/mol. The molecule has 1 N–H and O–H groups in total. The molecule has 28 heavy (non-hydrogen) atoms. The second-order valence-corrected chi connectivity index (χ2v) is 7.85. The second-order valence-electron chi connectivity index (χ2n) is 6.93. The van der Waals surface area contributed by atoms with Gasteiger partial charge in [0.15, 0.2) is 5.69 Å². The van der Waals surface area contributed by atoms with Crippen molar-refractivity contribution in [3.8, 4) is 0 Å². The molecule has 3 aromatic rings. The smallest absolute Gasteiger partial charge is 0.275 e. The van der Waals surface area contributed by atoms with Crippen molar-refractivity contribution in [2.24, 2.45) is 0 Å². The number of nitrogens with one attached hydrogen (secondary N) is 1. The second kappa shape index (κ2) is 8.14. The number of carbonyl (C=O) groups excluding carboxylic acids is 2. The summed E-state index contributed by atoms with van der Waals surface area (Å²) in [6.45, 7) is 2.05. The summed E-state index contributed by atoms with van der Waals surface area (Å²) in [6, 6.07) is 15.4. The van der Waals surface area contributed by atoms with E-state index in [1.54, 1.807) is 4.68 Å². The van der Waals surface area contributed by atoms with Crippen LogP contribution in [0, 0.1) is 0 Å². The molecule has 2 amide bonds. The normalized spacial score (nSPS) is 13.8. The Balaban J connectivity index is 1.52. The minimum atomic E-state index is -0.145. The Morgan fingerprint density at radius 2 is 1.86 bits per heavy atom. The molecule has 1 aliphatic heterocycles. The van der Waals surface area contributed by atoms with Gasteiger partial charge in [-0.2, -0.15) is 5.10 Å². The van der Waals surface area contributed by atoms with E-state index in [1.165, 1.54) is 0 Å². The molecule has 0 saturated carbocycles. The van der Waals surface area contributed by atoms with Gasteiger partial charge >= 0.3 is 0 Å². The lowest BCUT2D eigenvalue weighted by atomic mass is 10.2. The quantitative estimate of drug-likeness (QED) is 0.661. The van der Waals surface area contributed by atoms with Crippen LogP contribution in [0.1, 0.15) is 28.9 Å². The maximum atomic E-state index is 12.8. The van der Waals surface area contributed by atoms with E-state index in [0.717, 1.165) is 46.9 Å². The molecule has 1 saturated heterocycles. The minimum absolute atomic E-state index is 0.0537. The number of rotatable bonds is 5. The molecule has 6 nitrogen and oxygen atoms in total. The summed E-state index contributed by atoms with van der Waals surface area (Å²) >= 11 is 3.43. The maximum absolute atomic E-state index is 12.8. The summed E-state index contributed by atoms with van der Waals surface area (Å²) in [5.41, 5.74) is 2.23. The van der Waals surface area contributed by atoms with Gasteiger partial charge in [-0.25, -0.2) is 0 Å². The average Bonchev–Trinajstić information content (AvgIpc) is 3.35. The monoisotopic (exact) mass is 440 g/mol. The van der Waals surface area contributed by atoms with Crippen molar-refractivity contribution in [3.63, 3.8) is 0 Å². The van der Waals surface area contributed by atoms with Gasteiger partial charge in [0.05, 0.1) is 5.52 Å². The summed E-state index contributed by atoms with van der Waals surface area (Å²) in [7, 11) is 0. The first-order valence-corrected chi connectivity index (χ1v) is 10.2. The van der Waals surface area contributed by atoms with E-state index in [9.17, 15) is 9.59 Å². The Hall–Kier alpha value is -2.67. The van der Waals surface area contributed by atoms with Crippen LogP contribution < -0.4 is 5.32 Å². The zero-order valence-electron chi connectivity index (χ0n) is 15.4. The van der Waals surface area contributed by atoms with Gasteiger partial charge in [0, 0.05) is 29.5 Å². The van der Waals surface area contributed by atoms with Gasteiger partial charge in [0.2, 0.25) is 5.91 Å². The molecular weight excluding hydrogens is 420 g/mol. The molecule has 2 heterocycles. The van der Waals surface area contributed by atoms with E-state index in [0.29, 0.717) is 12.2 Å². The van der Waals surface area contributed by atoms with Gasteiger partial charge < -0.3 is 10.2 Å². The molecule has 0 aliphatic carbocycles. The number of likely N-dealkylation sites (tertiary alicyclic amines) is 1. The molecule has 1 aromatic heterocycles. The van der Waals surface area contributed by atoms with Crippen LogP contribution in [0.25, 0.3) is 10.9 Å². The molecular formula is C21H21BrN4O2. The highest BCUT2D eigenvalue weighted by molar-refractivity contribution is 9.10. The highest BCUT2D eigenvalue weighted by Crippen LogP contribution is 2.21. The number of para-hydroxylation sites is 1. The lowest BCUT2D eigenvalue weighted by Gasteiger charge is -2.13. The van der Waals surface area contributed by atoms with Gasteiger partial charge in [-0.1, -0.05) is 46.3 Å². The Bertz CT molecular complexity index is 1020. The lowest BCUT2D eigenvalue weighted by molar-refractivity contribution is -0.121. The molecule has 1 aliphatic rings.